The lowest BCUT2D eigenvalue weighted by molar-refractivity contribution is -0.117. The molecule has 0 atom stereocenters. The van der Waals surface area contributed by atoms with E-state index in [1.807, 2.05) is 60.4 Å². The van der Waals surface area contributed by atoms with Gasteiger partial charge in [-0.1, -0.05) is 53.6 Å². The van der Waals surface area contributed by atoms with Crippen LogP contribution in [0.2, 0.25) is 5.02 Å². The van der Waals surface area contributed by atoms with Crippen LogP contribution in [0.4, 0.5) is 15.8 Å². The van der Waals surface area contributed by atoms with Crippen molar-refractivity contribution in [2.45, 2.75) is 13.5 Å². The third-order valence-corrected chi connectivity index (χ3v) is 7.72. The van der Waals surface area contributed by atoms with E-state index in [1.54, 1.807) is 36.4 Å². The number of piperazine rings is 1. The number of anilines is 2. The Morgan fingerprint density at radius 2 is 1.49 bits per heavy atom. The maximum absolute atomic E-state index is 13.4. The molecule has 5 rings (SSSR count). The van der Waals surface area contributed by atoms with Gasteiger partial charge < -0.3 is 20.0 Å². The third kappa shape index (κ3) is 7.59. The van der Waals surface area contributed by atoms with E-state index in [2.05, 4.69) is 10.2 Å². The van der Waals surface area contributed by atoms with E-state index in [9.17, 15) is 18.8 Å². The average Bonchev–Trinajstić information content (AvgIpc) is 3.02. The van der Waals surface area contributed by atoms with Crippen LogP contribution in [0.5, 0.6) is 0 Å². The molecule has 1 fully saturated rings. The van der Waals surface area contributed by atoms with Gasteiger partial charge in [-0.2, -0.15) is 0 Å². The molecule has 0 aromatic heterocycles. The van der Waals surface area contributed by atoms with Crippen molar-refractivity contribution in [3.8, 4) is 0 Å². The van der Waals surface area contributed by atoms with E-state index in [0.717, 1.165) is 11.3 Å². The van der Waals surface area contributed by atoms with Crippen LogP contribution in [0.15, 0.2) is 97.1 Å². The van der Waals surface area contributed by atoms with Crippen molar-refractivity contribution in [3.63, 3.8) is 0 Å². The Balaban J connectivity index is 1.19. The van der Waals surface area contributed by atoms with Gasteiger partial charge in [0.1, 0.15) is 12.4 Å². The van der Waals surface area contributed by atoms with Crippen LogP contribution in [0.25, 0.3) is 0 Å². The SMILES string of the molecule is Cc1ccc(C(=O)N2CCN(c3ccc(NC(=O)CN(Cc4ccc(F)cc4)C(=O)c4ccccc4Cl)cc3)CC2)cc1. The Hall–Kier alpha value is -4.69. The molecule has 220 valence electrons. The largest absolute Gasteiger partial charge is 0.368 e. The number of hydrogen-bond acceptors (Lipinski definition) is 4. The van der Waals surface area contributed by atoms with Crippen LogP contribution >= 0.6 is 11.6 Å². The van der Waals surface area contributed by atoms with Crippen molar-refractivity contribution in [2.24, 2.45) is 0 Å². The summed E-state index contributed by atoms with van der Waals surface area (Å²) >= 11 is 6.27. The number of aryl methyl sites for hydroxylation is 1. The second-order valence-electron chi connectivity index (χ2n) is 10.5. The van der Waals surface area contributed by atoms with E-state index in [4.69, 9.17) is 11.6 Å². The van der Waals surface area contributed by atoms with Crippen LogP contribution in [0.1, 0.15) is 31.8 Å². The zero-order chi connectivity index (χ0) is 30.3. The van der Waals surface area contributed by atoms with Crippen molar-refractivity contribution < 1.29 is 18.8 Å². The lowest BCUT2D eigenvalue weighted by Gasteiger charge is -2.36. The Morgan fingerprint density at radius 1 is 0.837 bits per heavy atom. The fraction of sp³-hybridized carbons (Fsp3) is 0.206. The lowest BCUT2D eigenvalue weighted by atomic mass is 10.1. The molecular formula is C34H32ClFN4O3. The molecule has 0 unspecified atom stereocenters. The van der Waals surface area contributed by atoms with Gasteiger partial charge in [-0.05, 0) is 73.2 Å². The van der Waals surface area contributed by atoms with E-state index in [0.29, 0.717) is 43.0 Å². The first-order valence-corrected chi connectivity index (χ1v) is 14.4. The van der Waals surface area contributed by atoms with Crippen molar-refractivity contribution in [2.75, 3.05) is 42.9 Å². The number of amides is 3. The summed E-state index contributed by atoms with van der Waals surface area (Å²) in [6.45, 7) is 4.52. The molecule has 7 nitrogen and oxygen atoms in total. The lowest BCUT2D eigenvalue weighted by Crippen LogP contribution is -2.48. The number of halogens is 2. The molecule has 1 heterocycles. The number of nitrogens with one attached hydrogen (secondary N) is 1. The Labute approximate surface area is 255 Å². The minimum absolute atomic E-state index is 0.0409. The summed E-state index contributed by atoms with van der Waals surface area (Å²) in [4.78, 5) is 44.7. The predicted octanol–water partition coefficient (Wildman–Crippen LogP) is 6.03. The molecule has 9 heteroatoms. The Morgan fingerprint density at radius 3 is 2.14 bits per heavy atom. The highest BCUT2D eigenvalue weighted by Gasteiger charge is 2.23. The van der Waals surface area contributed by atoms with Gasteiger partial charge in [-0.25, -0.2) is 4.39 Å². The van der Waals surface area contributed by atoms with E-state index >= 15 is 0 Å². The van der Waals surface area contributed by atoms with E-state index in [-0.39, 0.29) is 41.3 Å². The summed E-state index contributed by atoms with van der Waals surface area (Å²) in [6.07, 6.45) is 0. The van der Waals surface area contributed by atoms with Crippen LogP contribution in [0.3, 0.4) is 0 Å². The highest BCUT2D eigenvalue weighted by molar-refractivity contribution is 6.33. The average molecular weight is 599 g/mol. The van der Waals surface area contributed by atoms with E-state index in [1.165, 1.54) is 17.0 Å². The zero-order valence-electron chi connectivity index (χ0n) is 23.8. The van der Waals surface area contributed by atoms with Crippen molar-refractivity contribution >= 4 is 40.7 Å². The van der Waals surface area contributed by atoms with Crippen LogP contribution in [-0.2, 0) is 11.3 Å². The normalized spacial score (nSPS) is 13.0. The number of benzene rings is 4. The molecule has 0 saturated carbocycles. The topological polar surface area (TPSA) is 73.0 Å². The molecule has 43 heavy (non-hydrogen) atoms. The maximum Gasteiger partial charge on any atom is 0.256 e. The van der Waals surface area contributed by atoms with Crippen molar-refractivity contribution in [1.82, 2.24) is 9.80 Å². The van der Waals surface area contributed by atoms with Gasteiger partial charge in [0.2, 0.25) is 5.91 Å². The first-order chi connectivity index (χ1) is 20.8. The molecule has 1 N–H and O–H groups in total. The Bertz CT molecular complexity index is 1590. The number of carbonyl (C=O) groups is 3. The minimum Gasteiger partial charge on any atom is -0.368 e. The quantitative estimate of drug-likeness (QED) is 0.269. The first-order valence-electron chi connectivity index (χ1n) is 14.1. The van der Waals surface area contributed by atoms with Crippen LogP contribution in [-0.4, -0.2) is 60.2 Å². The first kappa shape index (κ1) is 29.8. The zero-order valence-corrected chi connectivity index (χ0v) is 24.6. The second-order valence-corrected chi connectivity index (χ2v) is 10.9. The molecule has 4 aromatic rings. The summed E-state index contributed by atoms with van der Waals surface area (Å²) in [7, 11) is 0. The smallest absolute Gasteiger partial charge is 0.256 e. The number of carbonyl (C=O) groups excluding carboxylic acids is 3. The van der Waals surface area contributed by atoms with Gasteiger partial charge in [0, 0.05) is 49.7 Å². The summed E-state index contributed by atoms with van der Waals surface area (Å²) in [5, 5.41) is 3.15. The fourth-order valence-corrected chi connectivity index (χ4v) is 5.21. The summed E-state index contributed by atoms with van der Waals surface area (Å²) < 4.78 is 13.4. The second kappa shape index (κ2) is 13.5. The fourth-order valence-electron chi connectivity index (χ4n) is 4.99. The number of hydrogen-bond donors (Lipinski definition) is 1. The molecular weight excluding hydrogens is 567 g/mol. The van der Waals surface area contributed by atoms with Crippen LogP contribution < -0.4 is 10.2 Å². The van der Waals surface area contributed by atoms with Gasteiger partial charge in [-0.3, -0.25) is 14.4 Å². The standard InChI is InChI=1S/C34H32ClFN4O3/c1-24-6-10-26(11-7-24)33(42)39-20-18-38(19-21-39)29-16-14-28(15-17-29)37-32(41)23-40(22-25-8-12-27(36)13-9-25)34(43)30-4-2-3-5-31(30)35/h2-17H,18-23H2,1H3,(H,37,41). The molecule has 0 radical (unpaired) electrons. The van der Waals surface area contributed by atoms with Gasteiger partial charge >= 0.3 is 0 Å². The monoisotopic (exact) mass is 598 g/mol. The van der Waals surface area contributed by atoms with Crippen LogP contribution in [0, 0.1) is 12.7 Å². The van der Waals surface area contributed by atoms with Gasteiger partial charge in [0.05, 0.1) is 10.6 Å². The van der Waals surface area contributed by atoms with E-state index < -0.39 is 5.91 Å². The minimum atomic E-state index is -0.402. The van der Waals surface area contributed by atoms with Gasteiger partial charge in [0.15, 0.2) is 0 Å². The van der Waals surface area contributed by atoms with Gasteiger partial charge in [-0.15, -0.1) is 0 Å². The summed E-state index contributed by atoms with van der Waals surface area (Å²) in [5.41, 5.74) is 4.36. The number of rotatable bonds is 8. The summed E-state index contributed by atoms with van der Waals surface area (Å²) in [6, 6.07) is 27.6. The molecule has 0 bridgehead atoms. The number of nitrogens with zero attached hydrogens (tertiary/aromatic N) is 3. The molecule has 1 aliphatic heterocycles. The molecule has 1 saturated heterocycles. The maximum atomic E-state index is 13.4. The molecule has 0 spiro atoms. The Kier molecular flexibility index (Phi) is 9.37. The summed E-state index contributed by atoms with van der Waals surface area (Å²) in [5.74, 6) is -1.12. The predicted molar refractivity (Wildman–Crippen MR) is 167 cm³/mol. The van der Waals surface area contributed by atoms with Crippen molar-refractivity contribution in [1.29, 1.82) is 0 Å². The highest BCUT2D eigenvalue weighted by atomic mass is 35.5. The van der Waals surface area contributed by atoms with Crippen molar-refractivity contribution in [3.05, 3.63) is 130 Å². The highest BCUT2D eigenvalue weighted by Crippen LogP contribution is 2.22. The molecule has 1 aliphatic rings. The molecule has 0 aliphatic carbocycles. The third-order valence-electron chi connectivity index (χ3n) is 7.39. The molecule has 3 amide bonds. The van der Waals surface area contributed by atoms with Gasteiger partial charge in [0.25, 0.3) is 11.8 Å². The molecule has 4 aromatic carbocycles.